The monoisotopic (exact) mass is 417 g/mol. The van der Waals surface area contributed by atoms with Gasteiger partial charge in [-0.2, -0.15) is 9.78 Å². The van der Waals surface area contributed by atoms with E-state index in [0.29, 0.717) is 21.4 Å². The highest BCUT2D eigenvalue weighted by Crippen LogP contribution is 2.23. The third-order valence-corrected chi connectivity index (χ3v) is 5.37. The number of carbonyl (C=O) groups excluding carboxylic acids is 1. The van der Waals surface area contributed by atoms with Crippen LogP contribution in [-0.4, -0.2) is 20.9 Å². The number of benzene rings is 2. The molecule has 28 heavy (non-hydrogen) atoms. The van der Waals surface area contributed by atoms with Gasteiger partial charge < -0.3 is 5.32 Å². The fourth-order valence-corrected chi connectivity index (χ4v) is 3.38. The molecule has 2 aromatic carbocycles. The standard InChI is InChI=1S/C20H17ClFN3O2S/c1-12-6-7-16(11-17(12)21)25-19(26)9-8-18(24-25)28-13(2)20(27)23-15-5-3-4-14(22)10-15/h3-11,13H,1-2H3,(H,23,27)/t13-/m1/s1. The first-order valence-corrected chi connectivity index (χ1v) is 9.69. The number of halogens is 2. The van der Waals surface area contributed by atoms with E-state index in [9.17, 15) is 14.0 Å². The van der Waals surface area contributed by atoms with E-state index in [0.717, 1.165) is 5.56 Å². The third-order valence-electron chi connectivity index (χ3n) is 3.93. The number of aryl methyl sites for hydroxylation is 1. The van der Waals surface area contributed by atoms with Gasteiger partial charge in [0.1, 0.15) is 10.8 Å². The van der Waals surface area contributed by atoms with Crippen LogP contribution in [0.15, 0.2) is 64.4 Å². The summed E-state index contributed by atoms with van der Waals surface area (Å²) >= 11 is 7.33. The second-order valence-corrected chi connectivity index (χ2v) is 7.88. The molecule has 0 unspecified atom stereocenters. The largest absolute Gasteiger partial charge is 0.325 e. The van der Waals surface area contributed by atoms with Crippen molar-refractivity contribution in [2.75, 3.05) is 5.32 Å². The summed E-state index contributed by atoms with van der Waals surface area (Å²) in [5.74, 6) is -0.725. The van der Waals surface area contributed by atoms with Crippen LogP contribution in [-0.2, 0) is 4.79 Å². The fraction of sp³-hybridized carbons (Fsp3) is 0.150. The van der Waals surface area contributed by atoms with E-state index >= 15 is 0 Å². The minimum Gasteiger partial charge on any atom is -0.325 e. The quantitative estimate of drug-likeness (QED) is 0.623. The van der Waals surface area contributed by atoms with Gasteiger partial charge in [-0.1, -0.05) is 35.5 Å². The Bertz CT molecular complexity index is 1090. The number of nitrogens with one attached hydrogen (secondary N) is 1. The number of anilines is 1. The van der Waals surface area contributed by atoms with Gasteiger partial charge in [-0.05, 0) is 55.8 Å². The molecule has 1 amide bonds. The van der Waals surface area contributed by atoms with Crippen LogP contribution in [0.2, 0.25) is 5.02 Å². The average molecular weight is 418 g/mol. The third kappa shape index (κ3) is 4.79. The Kier molecular flexibility index (Phi) is 6.16. The van der Waals surface area contributed by atoms with Crippen molar-refractivity contribution in [3.63, 3.8) is 0 Å². The van der Waals surface area contributed by atoms with Crippen LogP contribution in [0.3, 0.4) is 0 Å². The van der Waals surface area contributed by atoms with E-state index in [2.05, 4.69) is 10.4 Å². The summed E-state index contributed by atoms with van der Waals surface area (Å²) in [6.07, 6.45) is 0. The minimum atomic E-state index is -0.511. The predicted molar refractivity (Wildman–Crippen MR) is 110 cm³/mol. The summed E-state index contributed by atoms with van der Waals surface area (Å²) in [5, 5.41) is 7.51. The van der Waals surface area contributed by atoms with Gasteiger partial charge in [-0.15, -0.1) is 0 Å². The van der Waals surface area contributed by atoms with Crippen LogP contribution in [0.5, 0.6) is 0 Å². The molecule has 0 aliphatic rings. The molecule has 0 aliphatic carbocycles. The summed E-state index contributed by atoms with van der Waals surface area (Å²) in [6.45, 7) is 3.58. The molecule has 3 rings (SSSR count). The van der Waals surface area contributed by atoms with Crippen molar-refractivity contribution in [2.24, 2.45) is 0 Å². The van der Waals surface area contributed by atoms with E-state index in [-0.39, 0.29) is 11.5 Å². The van der Waals surface area contributed by atoms with Gasteiger partial charge >= 0.3 is 0 Å². The van der Waals surface area contributed by atoms with E-state index in [1.807, 2.05) is 6.92 Å². The van der Waals surface area contributed by atoms with Crippen molar-refractivity contribution >= 4 is 35.0 Å². The second kappa shape index (κ2) is 8.58. The highest BCUT2D eigenvalue weighted by molar-refractivity contribution is 8.00. The lowest BCUT2D eigenvalue weighted by Crippen LogP contribution is -2.24. The van der Waals surface area contributed by atoms with Crippen LogP contribution in [0.25, 0.3) is 5.69 Å². The van der Waals surface area contributed by atoms with Gasteiger partial charge in [0.05, 0.1) is 10.9 Å². The number of thioether (sulfide) groups is 1. The first kappa shape index (κ1) is 20.1. The predicted octanol–water partition coefficient (Wildman–Crippen LogP) is 4.45. The summed E-state index contributed by atoms with van der Waals surface area (Å²) in [4.78, 5) is 24.6. The normalized spacial score (nSPS) is 11.9. The number of aromatic nitrogens is 2. The highest BCUT2D eigenvalue weighted by Gasteiger charge is 2.16. The molecule has 0 bridgehead atoms. The zero-order chi connectivity index (χ0) is 20.3. The maximum atomic E-state index is 13.3. The van der Waals surface area contributed by atoms with Crippen molar-refractivity contribution in [1.82, 2.24) is 9.78 Å². The molecule has 3 aromatic rings. The van der Waals surface area contributed by atoms with Crippen molar-refractivity contribution < 1.29 is 9.18 Å². The fourth-order valence-electron chi connectivity index (χ4n) is 2.40. The summed E-state index contributed by atoms with van der Waals surface area (Å²) in [7, 11) is 0. The summed E-state index contributed by atoms with van der Waals surface area (Å²) in [5.41, 5.74) is 1.51. The average Bonchev–Trinajstić information content (AvgIpc) is 2.65. The number of amides is 1. The smallest absolute Gasteiger partial charge is 0.271 e. The van der Waals surface area contributed by atoms with Crippen LogP contribution < -0.4 is 10.9 Å². The molecule has 0 saturated carbocycles. The number of hydrogen-bond donors (Lipinski definition) is 1. The lowest BCUT2D eigenvalue weighted by atomic mass is 10.2. The van der Waals surface area contributed by atoms with Crippen LogP contribution in [0, 0.1) is 12.7 Å². The van der Waals surface area contributed by atoms with Gasteiger partial charge in [0, 0.05) is 16.8 Å². The molecule has 1 heterocycles. The molecule has 0 spiro atoms. The maximum Gasteiger partial charge on any atom is 0.271 e. The first-order valence-electron chi connectivity index (χ1n) is 8.43. The second-order valence-electron chi connectivity index (χ2n) is 6.11. The molecule has 1 atom stereocenters. The Morgan fingerprint density at radius 3 is 2.71 bits per heavy atom. The molecule has 5 nitrogen and oxygen atoms in total. The van der Waals surface area contributed by atoms with Crippen LogP contribution >= 0.6 is 23.4 Å². The molecule has 0 fully saturated rings. The van der Waals surface area contributed by atoms with E-state index in [4.69, 9.17) is 11.6 Å². The van der Waals surface area contributed by atoms with Gasteiger partial charge in [0.2, 0.25) is 5.91 Å². The van der Waals surface area contributed by atoms with Crippen molar-refractivity contribution in [2.45, 2.75) is 24.1 Å². The van der Waals surface area contributed by atoms with Gasteiger partial charge in [-0.3, -0.25) is 9.59 Å². The first-order chi connectivity index (χ1) is 13.3. The Morgan fingerprint density at radius 2 is 2.00 bits per heavy atom. The Labute approximate surface area is 170 Å². The molecule has 0 aliphatic heterocycles. The number of hydrogen-bond acceptors (Lipinski definition) is 4. The van der Waals surface area contributed by atoms with Gasteiger partial charge in [0.15, 0.2) is 0 Å². The maximum absolute atomic E-state index is 13.3. The molecule has 1 aromatic heterocycles. The number of nitrogens with zero attached hydrogens (tertiary/aromatic N) is 2. The van der Waals surface area contributed by atoms with Crippen LogP contribution in [0.4, 0.5) is 10.1 Å². The molecule has 144 valence electrons. The zero-order valence-corrected chi connectivity index (χ0v) is 16.7. The number of rotatable bonds is 5. The molecule has 8 heteroatoms. The molecule has 1 N–H and O–H groups in total. The summed E-state index contributed by atoms with van der Waals surface area (Å²) in [6, 6.07) is 13.9. The molecule has 0 radical (unpaired) electrons. The van der Waals surface area contributed by atoms with Gasteiger partial charge in [0.25, 0.3) is 5.56 Å². The lowest BCUT2D eigenvalue weighted by Gasteiger charge is -2.13. The van der Waals surface area contributed by atoms with E-state index in [1.54, 1.807) is 37.3 Å². The Morgan fingerprint density at radius 1 is 1.21 bits per heavy atom. The molecular formula is C20H17ClFN3O2S. The lowest BCUT2D eigenvalue weighted by molar-refractivity contribution is -0.115. The van der Waals surface area contributed by atoms with Crippen molar-refractivity contribution in [3.05, 3.63) is 81.4 Å². The van der Waals surface area contributed by atoms with Crippen molar-refractivity contribution in [3.8, 4) is 5.69 Å². The zero-order valence-electron chi connectivity index (χ0n) is 15.1. The highest BCUT2D eigenvalue weighted by atomic mass is 35.5. The SMILES string of the molecule is Cc1ccc(-n2nc(S[C@H](C)C(=O)Nc3cccc(F)c3)ccc2=O)cc1Cl. The van der Waals surface area contributed by atoms with E-state index in [1.165, 1.54) is 40.7 Å². The molecular weight excluding hydrogens is 401 g/mol. The summed E-state index contributed by atoms with van der Waals surface area (Å²) < 4.78 is 14.5. The van der Waals surface area contributed by atoms with E-state index < -0.39 is 11.1 Å². The Balaban J connectivity index is 1.77. The minimum absolute atomic E-state index is 0.298. The van der Waals surface area contributed by atoms with Crippen LogP contribution in [0.1, 0.15) is 12.5 Å². The van der Waals surface area contributed by atoms with Crippen molar-refractivity contribution in [1.29, 1.82) is 0 Å². The van der Waals surface area contributed by atoms with Gasteiger partial charge in [-0.25, -0.2) is 4.39 Å². The topological polar surface area (TPSA) is 64.0 Å². The Hall–Kier alpha value is -2.64. The molecule has 0 saturated heterocycles. The number of carbonyl (C=O) groups is 1.